The number of anilines is 1. The van der Waals surface area contributed by atoms with Gasteiger partial charge in [0.15, 0.2) is 0 Å². The van der Waals surface area contributed by atoms with Crippen LogP contribution in [0.5, 0.6) is 0 Å². The van der Waals surface area contributed by atoms with E-state index < -0.39 is 5.63 Å². The maximum atomic E-state index is 12.9. The predicted molar refractivity (Wildman–Crippen MR) is 87.3 cm³/mol. The van der Waals surface area contributed by atoms with Crippen LogP contribution in [-0.4, -0.2) is 11.8 Å². The van der Waals surface area contributed by atoms with Gasteiger partial charge < -0.3 is 4.42 Å². The second-order valence-electron chi connectivity index (χ2n) is 6.83. The van der Waals surface area contributed by atoms with Crippen molar-refractivity contribution in [3.8, 4) is 0 Å². The summed E-state index contributed by atoms with van der Waals surface area (Å²) in [6, 6.07) is 8.04. The molecule has 3 aliphatic carbocycles. The molecule has 0 unspecified atom stereocenters. The fourth-order valence-corrected chi connectivity index (χ4v) is 4.53. The van der Waals surface area contributed by atoms with E-state index in [-0.39, 0.29) is 35.5 Å². The van der Waals surface area contributed by atoms with Crippen LogP contribution in [0.25, 0.3) is 11.0 Å². The largest absolute Gasteiger partial charge is 0.423 e. The zero-order valence-corrected chi connectivity index (χ0v) is 12.8. The number of fused-ring (bicyclic) bond motifs is 2. The van der Waals surface area contributed by atoms with Gasteiger partial charge >= 0.3 is 5.63 Å². The Morgan fingerprint density at radius 1 is 0.875 bits per heavy atom. The SMILES string of the molecule is O=C1[C@@H]2[C@H](C(=O)N1c1ccc3oc(=O)ccc3c1)[C@@H]1C=C[C@H]2CC1. The average Bonchev–Trinajstić information content (AvgIpc) is 2.89. The Hall–Kier alpha value is -2.69. The van der Waals surface area contributed by atoms with Gasteiger partial charge in [-0.2, -0.15) is 0 Å². The van der Waals surface area contributed by atoms with E-state index in [1.807, 2.05) is 0 Å². The lowest BCUT2D eigenvalue weighted by atomic mass is 9.63. The van der Waals surface area contributed by atoms with E-state index in [0.29, 0.717) is 16.7 Å². The minimum absolute atomic E-state index is 0.0965. The van der Waals surface area contributed by atoms with Crippen LogP contribution >= 0.6 is 0 Å². The quantitative estimate of drug-likeness (QED) is 0.460. The van der Waals surface area contributed by atoms with Gasteiger partial charge in [0.25, 0.3) is 0 Å². The standard InChI is InChI=1S/C19H15NO4/c21-15-8-5-12-9-13(6-7-14(12)24-15)20-18(22)16-10-1-2-11(4-3-10)17(16)19(20)23/h1-2,5-11,16-17H,3-4H2/t10-,11+,16-,17+. The van der Waals surface area contributed by atoms with Crippen LogP contribution in [0.1, 0.15) is 12.8 Å². The molecule has 2 heterocycles. The van der Waals surface area contributed by atoms with Gasteiger partial charge in [-0.05, 0) is 48.9 Å². The fourth-order valence-electron chi connectivity index (χ4n) is 4.53. The lowest BCUT2D eigenvalue weighted by molar-refractivity contribution is -0.124. The van der Waals surface area contributed by atoms with Crippen molar-refractivity contribution in [1.82, 2.24) is 0 Å². The highest BCUT2D eigenvalue weighted by molar-refractivity contribution is 6.23. The summed E-state index contributed by atoms with van der Waals surface area (Å²) in [4.78, 5) is 38.5. The van der Waals surface area contributed by atoms with E-state index >= 15 is 0 Å². The molecule has 0 N–H and O–H groups in total. The zero-order valence-electron chi connectivity index (χ0n) is 12.8. The maximum Gasteiger partial charge on any atom is 0.336 e. The monoisotopic (exact) mass is 321 g/mol. The minimum Gasteiger partial charge on any atom is -0.423 e. The number of rotatable bonds is 1. The van der Waals surface area contributed by atoms with Crippen molar-refractivity contribution < 1.29 is 14.0 Å². The summed E-state index contributed by atoms with van der Waals surface area (Å²) in [6.07, 6.45) is 6.19. The van der Waals surface area contributed by atoms with Crippen molar-refractivity contribution in [2.45, 2.75) is 12.8 Å². The summed E-state index contributed by atoms with van der Waals surface area (Å²) < 4.78 is 5.12. The molecule has 120 valence electrons. The summed E-state index contributed by atoms with van der Waals surface area (Å²) in [7, 11) is 0. The van der Waals surface area contributed by atoms with Gasteiger partial charge in [-0.1, -0.05) is 12.2 Å². The second kappa shape index (κ2) is 4.66. The van der Waals surface area contributed by atoms with Gasteiger partial charge in [0.1, 0.15) is 5.58 Å². The molecule has 4 atom stereocenters. The van der Waals surface area contributed by atoms with Gasteiger partial charge in [0.05, 0.1) is 17.5 Å². The molecule has 1 saturated heterocycles. The van der Waals surface area contributed by atoms with Crippen LogP contribution in [0, 0.1) is 23.7 Å². The van der Waals surface area contributed by atoms with E-state index in [2.05, 4.69) is 12.2 Å². The van der Waals surface area contributed by atoms with Crippen LogP contribution < -0.4 is 10.5 Å². The number of carbonyl (C=O) groups is 2. The Bertz CT molecular complexity index is 941. The van der Waals surface area contributed by atoms with E-state index in [0.717, 1.165) is 12.8 Å². The fraction of sp³-hybridized carbons (Fsp3) is 0.316. The zero-order chi connectivity index (χ0) is 16.4. The Kier molecular flexibility index (Phi) is 2.66. The molecule has 5 heteroatoms. The van der Waals surface area contributed by atoms with E-state index in [4.69, 9.17) is 4.42 Å². The molecule has 2 aromatic rings. The second-order valence-corrected chi connectivity index (χ2v) is 6.83. The summed E-state index contributed by atoms with van der Waals surface area (Å²) in [6.45, 7) is 0. The highest BCUT2D eigenvalue weighted by atomic mass is 16.4. The average molecular weight is 321 g/mol. The maximum absolute atomic E-state index is 12.9. The van der Waals surface area contributed by atoms with Crippen molar-refractivity contribution in [2.24, 2.45) is 23.7 Å². The summed E-state index contributed by atoms with van der Waals surface area (Å²) >= 11 is 0. The smallest absolute Gasteiger partial charge is 0.336 e. The molecule has 24 heavy (non-hydrogen) atoms. The molecule has 2 bridgehead atoms. The molecule has 1 aromatic carbocycles. The summed E-state index contributed by atoms with van der Waals surface area (Å²) in [5.41, 5.74) is 0.585. The van der Waals surface area contributed by atoms with Crippen LogP contribution in [0.3, 0.4) is 0 Å². The topological polar surface area (TPSA) is 67.6 Å². The molecule has 1 aromatic heterocycles. The first-order chi connectivity index (χ1) is 11.6. The van der Waals surface area contributed by atoms with Gasteiger partial charge in [-0.25, -0.2) is 9.69 Å². The number of benzene rings is 1. The van der Waals surface area contributed by atoms with E-state index in [9.17, 15) is 14.4 Å². The first-order valence-corrected chi connectivity index (χ1v) is 8.23. The number of hydrogen-bond acceptors (Lipinski definition) is 4. The third-order valence-corrected chi connectivity index (χ3v) is 5.62. The Morgan fingerprint density at radius 3 is 2.17 bits per heavy atom. The van der Waals surface area contributed by atoms with Crippen molar-refractivity contribution in [2.75, 3.05) is 4.90 Å². The molecular weight excluding hydrogens is 306 g/mol. The molecular formula is C19H15NO4. The third kappa shape index (κ3) is 1.72. The predicted octanol–water partition coefficient (Wildman–Crippen LogP) is 2.49. The van der Waals surface area contributed by atoms with Crippen molar-refractivity contribution in [3.63, 3.8) is 0 Å². The summed E-state index contributed by atoms with van der Waals surface area (Å²) in [5.74, 6) is -0.266. The molecule has 0 spiro atoms. The molecule has 2 fully saturated rings. The number of imide groups is 1. The highest BCUT2D eigenvalue weighted by Crippen LogP contribution is 2.50. The molecule has 1 aliphatic heterocycles. The molecule has 2 amide bonds. The molecule has 4 aliphatic rings. The number of nitrogens with zero attached hydrogens (tertiary/aromatic N) is 1. The summed E-state index contributed by atoms with van der Waals surface area (Å²) in [5, 5.41) is 0.698. The van der Waals surface area contributed by atoms with Crippen molar-refractivity contribution >= 4 is 28.5 Å². The molecule has 6 rings (SSSR count). The normalized spacial score (nSPS) is 31.1. The van der Waals surface area contributed by atoms with E-state index in [1.165, 1.54) is 11.0 Å². The lowest BCUT2D eigenvalue weighted by Crippen LogP contribution is -2.38. The Balaban J connectivity index is 1.60. The van der Waals surface area contributed by atoms with Gasteiger partial charge in [0, 0.05) is 11.5 Å². The van der Waals surface area contributed by atoms with E-state index in [1.54, 1.807) is 24.3 Å². The van der Waals surface area contributed by atoms with Gasteiger partial charge in [-0.3, -0.25) is 9.59 Å². The molecule has 0 radical (unpaired) electrons. The third-order valence-electron chi connectivity index (χ3n) is 5.62. The van der Waals surface area contributed by atoms with Crippen LogP contribution in [0.4, 0.5) is 5.69 Å². The number of amides is 2. The number of hydrogen-bond donors (Lipinski definition) is 0. The van der Waals surface area contributed by atoms with Crippen LogP contribution in [-0.2, 0) is 9.59 Å². The lowest BCUT2D eigenvalue weighted by Gasteiger charge is -2.38. The van der Waals surface area contributed by atoms with Crippen LogP contribution in [0.2, 0.25) is 0 Å². The Morgan fingerprint density at radius 2 is 1.54 bits per heavy atom. The molecule has 5 nitrogen and oxygen atoms in total. The van der Waals surface area contributed by atoms with Crippen LogP contribution in [0.15, 0.2) is 51.7 Å². The van der Waals surface area contributed by atoms with Gasteiger partial charge in [0.2, 0.25) is 11.8 Å². The van der Waals surface area contributed by atoms with Crippen molar-refractivity contribution in [3.05, 3.63) is 52.9 Å². The molecule has 1 saturated carbocycles. The highest BCUT2D eigenvalue weighted by Gasteiger charge is 2.56. The number of allylic oxidation sites excluding steroid dienone is 2. The minimum atomic E-state index is -0.419. The number of carbonyl (C=O) groups excluding carboxylic acids is 2. The Labute approximate surface area is 137 Å². The van der Waals surface area contributed by atoms with Crippen molar-refractivity contribution in [1.29, 1.82) is 0 Å². The first kappa shape index (κ1) is 13.7. The first-order valence-electron chi connectivity index (χ1n) is 8.23. The van der Waals surface area contributed by atoms with Gasteiger partial charge in [-0.15, -0.1) is 0 Å².